The van der Waals surface area contributed by atoms with Gasteiger partial charge >= 0.3 is 0 Å². The third-order valence-electron chi connectivity index (χ3n) is 8.13. The Morgan fingerprint density at radius 1 is 1.14 bits per heavy atom. The molecule has 0 bridgehead atoms. The summed E-state index contributed by atoms with van der Waals surface area (Å²) in [6, 6.07) is 9.20. The monoisotopic (exact) mass is 631 g/mol. The molecule has 1 aliphatic carbocycles. The molecule has 0 unspecified atom stereocenters. The fourth-order valence-electron chi connectivity index (χ4n) is 5.91. The quantitative estimate of drug-likeness (QED) is 0.361. The minimum absolute atomic E-state index is 0.0314. The second-order valence-electron chi connectivity index (χ2n) is 12.4. The number of carbonyl (C=O) groups excluding carboxylic acids is 2. The second kappa shape index (κ2) is 13.4. The maximum Gasteiger partial charge on any atom is 0.274 e. The Morgan fingerprint density at radius 2 is 1.84 bits per heavy atom. The molecule has 0 saturated heterocycles. The Morgan fingerprint density at radius 3 is 2.45 bits per heavy atom. The number of sulfonamides is 1. The zero-order valence-electron chi connectivity index (χ0n) is 26.5. The first-order chi connectivity index (χ1) is 20.8. The number of aliphatic hydroxyl groups excluding tert-OH is 1. The number of ether oxygens (including phenoxy) is 3. The number of methoxy groups -OCH3 is 1. The third kappa shape index (κ3) is 6.88. The first kappa shape index (κ1) is 33.7. The summed E-state index contributed by atoms with van der Waals surface area (Å²) in [5, 5.41) is 12.0. The summed E-state index contributed by atoms with van der Waals surface area (Å²) in [7, 11) is -1.19. The van der Waals surface area contributed by atoms with E-state index in [2.05, 4.69) is 5.32 Å². The van der Waals surface area contributed by atoms with E-state index in [4.69, 9.17) is 19.3 Å². The van der Waals surface area contributed by atoms with Gasteiger partial charge in [-0.3, -0.25) is 9.59 Å². The molecule has 2 N–H and O–H groups in total. The smallest absolute Gasteiger partial charge is 0.274 e. The highest BCUT2D eigenvalue weighted by Gasteiger charge is 2.56. The Kier molecular flexibility index (Phi) is 10.3. The van der Waals surface area contributed by atoms with Gasteiger partial charge in [0.1, 0.15) is 16.4 Å². The van der Waals surface area contributed by atoms with Crippen LogP contribution in [0.1, 0.15) is 69.3 Å². The van der Waals surface area contributed by atoms with Crippen LogP contribution in [0.3, 0.4) is 0 Å². The molecule has 1 heterocycles. The van der Waals surface area contributed by atoms with Gasteiger partial charge in [0.15, 0.2) is 0 Å². The summed E-state index contributed by atoms with van der Waals surface area (Å²) in [6.45, 7) is 9.65. The molecule has 242 valence electrons. The highest BCUT2D eigenvalue weighted by atomic mass is 32.2. The van der Waals surface area contributed by atoms with E-state index in [9.17, 15) is 18.0 Å². The molecule has 11 nitrogen and oxygen atoms in total. The van der Waals surface area contributed by atoms with Gasteiger partial charge in [0.05, 0.1) is 44.1 Å². The van der Waals surface area contributed by atoms with Crippen molar-refractivity contribution < 1.29 is 37.3 Å². The van der Waals surface area contributed by atoms with Gasteiger partial charge in [-0.1, -0.05) is 0 Å². The van der Waals surface area contributed by atoms with E-state index < -0.39 is 26.9 Å². The van der Waals surface area contributed by atoms with Gasteiger partial charge in [-0.25, -0.2) is 12.7 Å². The summed E-state index contributed by atoms with van der Waals surface area (Å²) < 4.78 is 46.8. The normalized spacial score (nSPS) is 20.2. The lowest BCUT2D eigenvalue weighted by atomic mass is 9.69. The largest absolute Gasteiger partial charge is 0.495 e. The molecule has 44 heavy (non-hydrogen) atoms. The molecule has 4 rings (SSSR count). The van der Waals surface area contributed by atoms with E-state index in [0.29, 0.717) is 69.0 Å². The van der Waals surface area contributed by atoms with E-state index in [-0.39, 0.29) is 34.8 Å². The van der Waals surface area contributed by atoms with Crippen molar-refractivity contribution >= 4 is 27.5 Å². The van der Waals surface area contributed by atoms with Crippen molar-refractivity contribution in [3.63, 3.8) is 0 Å². The molecule has 0 aromatic heterocycles. The highest BCUT2D eigenvalue weighted by Crippen LogP contribution is 2.53. The molecule has 12 heteroatoms. The number of hydrogen-bond acceptors (Lipinski definition) is 9. The van der Waals surface area contributed by atoms with Crippen molar-refractivity contribution in [2.75, 3.05) is 51.4 Å². The number of carbonyl (C=O) groups is 2. The van der Waals surface area contributed by atoms with Crippen molar-refractivity contribution in [3.05, 3.63) is 47.5 Å². The SMILES string of the molecule is CCOc1ccc2c(c1)C1(CCC(OCCN(C)CCO)CC1)C(=O)N2S(=O)(=O)c1ccc(C(=O)NC(C)(C)C)cc1OC. The van der Waals surface area contributed by atoms with Crippen LogP contribution in [0.25, 0.3) is 0 Å². The van der Waals surface area contributed by atoms with Crippen molar-refractivity contribution in [3.8, 4) is 11.5 Å². The number of fused-ring (bicyclic) bond motifs is 2. The van der Waals surface area contributed by atoms with Gasteiger partial charge in [-0.05, 0) is 102 Å². The topological polar surface area (TPSA) is 135 Å². The lowest BCUT2D eigenvalue weighted by molar-refractivity contribution is -0.124. The lowest BCUT2D eigenvalue weighted by Gasteiger charge is -2.36. The van der Waals surface area contributed by atoms with Crippen LogP contribution < -0.4 is 19.1 Å². The number of anilines is 1. The zero-order valence-corrected chi connectivity index (χ0v) is 27.3. The van der Waals surface area contributed by atoms with E-state index in [0.717, 1.165) is 4.31 Å². The van der Waals surface area contributed by atoms with Gasteiger partial charge < -0.3 is 29.5 Å². The number of benzene rings is 2. The molecule has 1 aliphatic heterocycles. The van der Waals surface area contributed by atoms with Crippen LogP contribution in [0.2, 0.25) is 0 Å². The van der Waals surface area contributed by atoms with Gasteiger partial charge in [-0.2, -0.15) is 0 Å². The molecular formula is C32H45N3O8S. The fraction of sp³-hybridized carbons (Fsp3) is 0.562. The molecule has 2 amide bonds. The lowest BCUT2D eigenvalue weighted by Crippen LogP contribution is -2.46. The summed E-state index contributed by atoms with van der Waals surface area (Å²) in [5.74, 6) is -0.353. The van der Waals surface area contributed by atoms with Gasteiger partial charge in [0.25, 0.3) is 21.8 Å². The van der Waals surface area contributed by atoms with Crippen LogP contribution in [-0.4, -0.2) is 88.9 Å². The van der Waals surface area contributed by atoms with Crippen LogP contribution in [0.5, 0.6) is 11.5 Å². The van der Waals surface area contributed by atoms with Gasteiger partial charge in [0.2, 0.25) is 0 Å². The maximum absolute atomic E-state index is 14.4. The average Bonchev–Trinajstić information content (AvgIpc) is 3.20. The number of likely N-dealkylation sites (N-methyl/N-ethyl adjacent to an activating group) is 1. The molecule has 2 aromatic carbocycles. The average molecular weight is 632 g/mol. The summed E-state index contributed by atoms with van der Waals surface area (Å²) >= 11 is 0. The van der Waals surface area contributed by atoms with Crippen LogP contribution in [0, 0.1) is 0 Å². The number of nitrogens with zero attached hydrogens (tertiary/aromatic N) is 2. The summed E-state index contributed by atoms with van der Waals surface area (Å²) in [4.78, 5) is 28.9. The molecular weight excluding hydrogens is 586 g/mol. The van der Waals surface area contributed by atoms with Crippen LogP contribution in [0.4, 0.5) is 5.69 Å². The first-order valence-electron chi connectivity index (χ1n) is 15.1. The standard InChI is InChI=1S/C32H45N3O8S/c1-7-42-24-9-10-26-25(21-24)32(14-12-23(13-15-32)43-19-17-34(5)16-18-36)30(38)35(26)44(39,40)28-11-8-22(20-27(28)41-6)29(37)33-31(2,3)4/h8-11,20-21,23,36H,7,12-19H2,1-6H3,(H,33,37). The van der Waals surface area contributed by atoms with Crippen molar-refractivity contribution in [1.82, 2.24) is 10.2 Å². The van der Waals surface area contributed by atoms with Crippen molar-refractivity contribution in [1.29, 1.82) is 0 Å². The molecule has 2 aliphatic rings. The predicted molar refractivity (Wildman–Crippen MR) is 167 cm³/mol. The minimum atomic E-state index is -4.44. The zero-order chi connectivity index (χ0) is 32.3. The Labute approximate surface area is 260 Å². The third-order valence-corrected chi connectivity index (χ3v) is 9.87. The van der Waals surface area contributed by atoms with Crippen molar-refractivity contribution in [2.45, 2.75) is 75.3 Å². The van der Waals surface area contributed by atoms with E-state index >= 15 is 0 Å². The minimum Gasteiger partial charge on any atom is -0.495 e. The highest BCUT2D eigenvalue weighted by molar-refractivity contribution is 7.93. The van der Waals surface area contributed by atoms with Crippen molar-refractivity contribution in [2.24, 2.45) is 0 Å². The van der Waals surface area contributed by atoms with E-state index in [1.807, 2.05) is 39.6 Å². The summed E-state index contributed by atoms with van der Waals surface area (Å²) in [5.41, 5.74) is -0.389. The van der Waals surface area contributed by atoms with Crippen LogP contribution in [0.15, 0.2) is 41.3 Å². The molecule has 1 saturated carbocycles. The number of rotatable bonds is 12. The fourth-order valence-corrected chi connectivity index (χ4v) is 7.56. The molecule has 2 aromatic rings. The predicted octanol–water partition coefficient (Wildman–Crippen LogP) is 3.48. The van der Waals surface area contributed by atoms with E-state index in [1.54, 1.807) is 18.2 Å². The molecule has 1 spiro atoms. The van der Waals surface area contributed by atoms with Crippen LogP contribution >= 0.6 is 0 Å². The second-order valence-corrected chi connectivity index (χ2v) is 14.2. The number of aliphatic hydroxyl groups is 1. The van der Waals surface area contributed by atoms with Gasteiger partial charge in [0, 0.05) is 24.2 Å². The number of hydrogen-bond donors (Lipinski definition) is 2. The Hall–Kier alpha value is -3.19. The number of amides is 2. The molecule has 0 atom stereocenters. The summed E-state index contributed by atoms with van der Waals surface area (Å²) in [6.07, 6.45) is 1.94. The van der Waals surface area contributed by atoms with Gasteiger partial charge in [-0.15, -0.1) is 0 Å². The van der Waals surface area contributed by atoms with E-state index in [1.165, 1.54) is 25.3 Å². The Balaban J connectivity index is 1.66. The molecule has 0 radical (unpaired) electrons. The molecule has 1 fully saturated rings. The first-order valence-corrected chi connectivity index (χ1v) is 16.5. The maximum atomic E-state index is 14.4. The number of nitrogens with one attached hydrogen (secondary N) is 1. The Bertz CT molecular complexity index is 1460. The van der Waals surface area contributed by atoms with Crippen LogP contribution in [-0.2, 0) is 25.0 Å².